The van der Waals surface area contributed by atoms with Gasteiger partial charge in [-0.25, -0.2) is 4.98 Å². The van der Waals surface area contributed by atoms with E-state index in [1.807, 2.05) is 111 Å². The normalized spacial score (nSPS) is 11.7. The first kappa shape index (κ1) is 27.6. The Morgan fingerprint density at radius 2 is 1.61 bits per heavy atom. The third-order valence-corrected chi connectivity index (χ3v) is 7.13. The zero-order valence-corrected chi connectivity index (χ0v) is 23.5. The standard InChI is InChI=1S/C34H33N3O4/c1-24-18-19-31(40-3)30(22-24)37-33(35-29-17-11-10-16-28(29)34(37)39)25(2)36(21-20-26-12-6-4-7-13-26)32(38)23-41-27-14-8-5-9-15-27/h4-19,22,25H,20-21,23H2,1-3H3. The quantitative estimate of drug-likeness (QED) is 0.217. The molecule has 0 aliphatic rings. The fourth-order valence-electron chi connectivity index (χ4n) is 4.95. The van der Waals surface area contributed by atoms with E-state index in [-0.39, 0.29) is 18.1 Å². The number of rotatable bonds is 10. The molecule has 0 fully saturated rings. The van der Waals surface area contributed by atoms with Crippen molar-refractivity contribution in [3.8, 4) is 17.2 Å². The number of aryl methyl sites for hydroxylation is 1. The largest absolute Gasteiger partial charge is 0.495 e. The van der Waals surface area contributed by atoms with Crippen molar-refractivity contribution in [2.24, 2.45) is 0 Å². The average molecular weight is 548 g/mol. The molecule has 0 saturated carbocycles. The number of hydrogen-bond acceptors (Lipinski definition) is 5. The molecule has 1 aromatic heterocycles. The number of aromatic nitrogens is 2. The van der Waals surface area contributed by atoms with Crippen LogP contribution < -0.4 is 15.0 Å². The Balaban J connectivity index is 1.60. The smallest absolute Gasteiger partial charge is 0.266 e. The molecule has 1 heterocycles. The third-order valence-electron chi connectivity index (χ3n) is 7.13. The van der Waals surface area contributed by atoms with Crippen molar-refractivity contribution in [1.29, 1.82) is 0 Å². The minimum Gasteiger partial charge on any atom is -0.495 e. The van der Waals surface area contributed by atoms with E-state index in [2.05, 4.69) is 0 Å². The molecule has 1 atom stereocenters. The summed E-state index contributed by atoms with van der Waals surface area (Å²) in [6.45, 7) is 4.13. The summed E-state index contributed by atoms with van der Waals surface area (Å²) in [4.78, 5) is 34.6. The number of methoxy groups -OCH3 is 1. The van der Waals surface area contributed by atoms with Crippen LogP contribution in [0.25, 0.3) is 16.6 Å². The highest BCUT2D eigenvalue weighted by molar-refractivity contribution is 5.80. The molecule has 0 aliphatic heterocycles. The van der Waals surface area contributed by atoms with Gasteiger partial charge in [-0.2, -0.15) is 0 Å². The first-order valence-electron chi connectivity index (χ1n) is 13.6. The summed E-state index contributed by atoms with van der Waals surface area (Å²) in [5, 5.41) is 0.488. The van der Waals surface area contributed by atoms with Crippen LogP contribution in [0.1, 0.15) is 29.9 Å². The van der Waals surface area contributed by atoms with Gasteiger partial charge in [0.1, 0.15) is 17.3 Å². The Labute approximate surface area is 239 Å². The van der Waals surface area contributed by atoms with Crippen LogP contribution in [0.15, 0.2) is 108 Å². The molecule has 7 heteroatoms. The molecule has 0 aliphatic carbocycles. The van der Waals surface area contributed by atoms with Crippen molar-refractivity contribution in [3.63, 3.8) is 0 Å². The second kappa shape index (κ2) is 12.5. The Kier molecular flexibility index (Phi) is 8.44. The van der Waals surface area contributed by atoms with Crippen molar-refractivity contribution >= 4 is 16.8 Å². The van der Waals surface area contributed by atoms with Crippen molar-refractivity contribution < 1.29 is 14.3 Å². The number of carbonyl (C=O) groups is 1. The van der Waals surface area contributed by atoms with Crippen LogP contribution in [0.5, 0.6) is 11.5 Å². The topological polar surface area (TPSA) is 73.7 Å². The summed E-state index contributed by atoms with van der Waals surface area (Å²) in [5.41, 5.74) is 2.99. The minimum atomic E-state index is -0.562. The van der Waals surface area contributed by atoms with E-state index in [1.165, 1.54) is 0 Å². The van der Waals surface area contributed by atoms with Crippen LogP contribution in [-0.4, -0.2) is 40.6 Å². The van der Waals surface area contributed by atoms with Gasteiger partial charge in [-0.1, -0.05) is 66.7 Å². The predicted molar refractivity (Wildman–Crippen MR) is 161 cm³/mol. The van der Waals surface area contributed by atoms with Gasteiger partial charge in [-0.3, -0.25) is 14.2 Å². The summed E-state index contributed by atoms with van der Waals surface area (Å²) in [6, 6.07) is 31.6. The number of fused-ring (bicyclic) bond motifs is 1. The van der Waals surface area contributed by atoms with E-state index < -0.39 is 6.04 Å². The van der Waals surface area contributed by atoms with E-state index in [1.54, 1.807) is 22.6 Å². The lowest BCUT2D eigenvalue weighted by Gasteiger charge is -2.31. The molecule has 1 amide bonds. The van der Waals surface area contributed by atoms with E-state index in [0.29, 0.717) is 46.9 Å². The lowest BCUT2D eigenvalue weighted by Crippen LogP contribution is -2.41. The van der Waals surface area contributed by atoms with Crippen LogP contribution in [0.2, 0.25) is 0 Å². The second-order valence-electron chi connectivity index (χ2n) is 9.90. The molecule has 0 radical (unpaired) electrons. The van der Waals surface area contributed by atoms with Gasteiger partial charge in [-0.15, -0.1) is 0 Å². The Hall–Kier alpha value is -4.91. The second-order valence-corrected chi connectivity index (χ2v) is 9.90. The van der Waals surface area contributed by atoms with Gasteiger partial charge in [0, 0.05) is 6.54 Å². The number of para-hydroxylation sites is 2. The summed E-state index contributed by atoms with van der Waals surface area (Å²) in [5.74, 6) is 1.39. The zero-order chi connectivity index (χ0) is 28.8. The maximum Gasteiger partial charge on any atom is 0.266 e. The number of nitrogens with zero attached hydrogens (tertiary/aromatic N) is 3. The van der Waals surface area contributed by atoms with Gasteiger partial charge in [0.2, 0.25) is 0 Å². The maximum atomic E-state index is 14.1. The van der Waals surface area contributed by atoms with Crippen LogP contribution in [0, 0.1) is 6.92 Å². The van der Waals surface area contributed by atoms with Crippen molar-refractivity contribution in [2.45, 2.75) is 26.3 Å². The fourth-order valence-corrected chi connectivity index (χ4v) is 4.95. The highest BCUT2D eigenvalue weighted by Crippen LogP contribution is 2.29. The molecule has 4 aromatic carbocycles. The van der Waals surface area contributed by atoms with Crippen LogP contribution in [-0.2, 0) is 11.2 Å². The molecule has 0 spiro atoms. The Morgan fingerprint density at radius 1 is 0.927 bits per heavy atom. The molecule has 0 bridgehead atoms. The molecule has 5 aromatic rings. The third kappa shape index (κ3) is 6.14. The summed E-state index contributed by atoms with van der Waals surface area (Å²) < 4.78 is 13.1. The molecule has 5 rings (SSSR count). The Morgan fingerprint density at radius 3 is 2.34 bits per heavy atom. The molecule has 0 saturated heterocycles. The van der Waals surface area contributed by atoms with Gasteiger partial charge in [0.05, 0.1) is 29.7 Å². The molecule has 41 heavy (non-hydrogen) atoms. The molecule has 208 valence electrons. The monoisotopic (exact) mass is 547 g/mol. The number of carbonyl (C=O) groups excluding carboxylic acids is 1. The maximum absolute atomic E-state index is 14.1. The van der Waals surface area contributed by atoms with Crippen LogP contribution >= 0.6 is 0 Å². The SMILES string of the molecule is COc1ccc(C)cc1-n1c(C(C)N(CCc2ccccc2)C(=O)COc2ccccc2)nc2ccccc2c1=O. The summed E-state index contributed by atoms with van der Waals surface area (Å²) in [6.07, 6.45) is 0.633. The number of amides is 1. The van der Waals surface area contributed by atoms with Crippen LogP contribution in [0.4, 0.5) is 0 Å². The van der Waals surface area contributed by atoms with Gasteiger partial charge in [0.25, 0.3) is 11.5 Å². The van der Waals surface area contributed by atoms with E-state index in [9.17, 15) is 9.59 Å². The van der Waals surface area contributed by atoms with E-state index >= 15 is 0 Å². The number of benzene rings is 4. The van der Waals surface area contributed by atoms with Gasteiger partial charge < -0.3 is 14.4 Å². The van der Waals surface area contributed by atoms with Crippen LogP contribution in [0.3, 0.4) is 0 Å². The van der Waals surface area contributed by atoms with Gasteiger partial charge >= 0.3 is 0 Å². The van der Waals surface area contributed by atoms with E-state index in [4.69, 9.17) is 14.5 Å². The molecule has 0 N–H and O–H groups in total. The Bertz CT molecular complexity index is 1700. The first-order chi connectivity index (χ1) is 20.0. The lowest BCUT2D eigenvalue weighted by atomic mass is 10.1. The molecular formula is C34H33N3O4. The minimum absolute atomic E-state index is 0.144. The van der Waals surface area contributed by atoms with E-state index in [0.717, 1.165) is 11.1 Å². The van der Waals surface area contributed by atoms with Crippen molar-refractivity contribution in [3.05, 3.63) is 130 Å². The first-order valence-corrected chi connectivity index (χ1v) is 13.6. The zero-order valence-electron chi connectivity index (χ0n) is 23.5. The molecular weight excluding hydrogens is 514 g/mol. The highest BCUT2D eigenvalue weighted by atomic mass is 16.5. The van der Waals surface area contributed by atoms with Crippen molar-refractivity contribution in [1.82, 2.24) is 14.5 Å². The number of hydrogen-bond donors (Lipinski definition) is 0. The lowest BCUT2D eigenvalue weighted by molar-refractivity contribution is -0.135. The fraction of sp³-hybridized carbons (Fsp3) is 0.206. The van der Waals surface area contributed by atoms with Crippen molar-refractivity contribution in [2.75, 3.05) is 20.3 Å². The van der Waals surface area contributed by atoms with Gasteiger partial charge in [-0.05, 0) is 67.8 Å². The molecule has 7 nitrogen and oxygen atoms in total. The predicted octanol–water partition coefficient (Wildman–Crippen LogP) is 5.91. The van der Waals surface area contributed by atoms with Gasteiger partial charge in [0.15, 0.2) is 6.61 Å². The summed E-state index contributed by atoms with van der Waals surface area (Å²) >= 11 is 0. The summed E-state index contributed by atoms with van der Waals surface area (Å²) in [7, 11) is 1.58. The number of ether oxygens (including phenoxy) is 2. The molecule has 1 unspecified atom stereocenters. The average Bonchev–Trinajstić information content (AvgIpc) is 3.01. The highest BCUT2D eigenvalue weighted by Gasteiger charge is 2.28.